The van der Waals surface area contributed by atoms with Crippen molar-refractivity contribution in [2.24, 2.45) is 0 Å². The average molecular weight is 391 g/mol. The Kier molecular flexibility index (Phi) is 7.85. The van der Waals surface area contributed by atoms with E-state index in [0.717, 1.165) is 0 Å². The van der Waals surface area contributed by atoms with Gasteiger partial charge in [-0.15, -0.1) is 0 Å². The molecule has 1 amide bonds. The first-order valence-electron chi connectivity index (χ1n) is 7.97. The summed E-state index contributed by atoms with van der Waals surface area (Å²) in [6, 6.07) is 3.85. The lowest BCUT2D eigenvalue weighted by molar-refractivity contribution is -0.128. The Morgan fingerprint density at radius 1 is 1.24 bits per heavy atom. The van der Waals surface area contributed by atoms with Crippen molar-refractivity contribution in [3.8, 4) is 0 Å². The van der Waals surface area contributed by atoms with Gasteiger partial charge >= 0.3 is 5.97 Å². The first kappa shape index (κ1) is 21.4. The van der Waals surface area contributed by atoms with E-state index in [1.165, 1.54) is 29.4 Å². The van der Waals surface area contributed by atoms with Crippen LogP contribution in [0.25, 0.3) is 0 Å². The van der Waals surface area contributed by atoms with Gasteiger partial charge in [0.15, 0.2) is 6.10 Å². The number of nitrogens with one attached hydrogen (secondary N) is 1. The third-order valence-electron chi connectivity index (χ3n) is 3.49. The minimum atomic E-state index is -3.83. The number of ether oxygens (including phenoxy) is 1. The van der Waals surface area contributed by atoms with E-state index in [1.807, 2.05) is 0 Å². The van der Waals surface area contributed by atoms with Gasteiger partial charge in [0, 0.05) is 19.6 Å². The third kappa shape index (κ3) is 5.17. The molecule has 0 saturated carbocycles. The van der Waals surface area contributed by atoms with E-state index < -0.39 is 28.0 Å². The molecule has 1 atom stereocenters. The van der Waals surface area contributed by atoms with Gasteiger partial charge in [-0.25, -0.2) is 13.2 Å². The molecule has 7 nitrogen and oxygen atoms in total. The van der Waals surface area contributed by atoms with Crippen LogP contribution in [0.15, 0.2) is 23.1 Å². The number of hydrogen-bond acceptors (Lipinski definition) is 5. The summed E-state index contributed by atoms with van der Waals surface area (Å²) in [6.07, 6.45) is -0.994. The Hall–Kier alpha value is -1.64. The highest BCUT2D eigenvalue weighted by atomic mass is 35.5. The lowest BCUT2D eigenvalue weighted by Crippen LogP contribution is -2.35. The van der Waals surface area contributed by atoms with Gasteiger partial charge in [0.25, 0.3) is 5.91 Å². The van der Waals surface area contributed by atoms with Gasteiger partial charge in [-0.3, -0.25) is 4.79 Å². The summed E-state index contributed by atoms with van der Waals surface area (Å²) >= 11 is 6.02. The molecule has 9 heteroatoms. The Morgan fingerprint density at radius 3 is 2.36 bits per heavy atom. The van der Waals surface area contributed by atoms with Crippen LogP contribution in [-0.4, -0.2) is 50.3 Å². The van der Waals surface area contributed by atoms with E-state index in [4.69, 9.17) is 16.3 Å². The molecule has 1 aromatic carbocycles. The smallest absolute Gasteiger partial charge is 0.338 e. The second kappa shape index (κ2) is 9.17. The van der Waals surface area contributed by atoms with E-state index in [-0.39, 0.29) is 28.6 Å². The molecule has 0 aliphatic heterocycles. The van der Waals surface area contributed by atoms with Crippen LogP contribution in [-0.2, 0) is 19.6 Å². The van der Waals surface area contributed by atoms with Gasteiger partial charge in [-0.2, -0.15) is 4.31 Å². The summed E-state index contributed by atoms with van der Waals surface area (Å²) < 4.78 is 31.6. The molecule has 1 unspecified atom stereocenters. The molecule has 1 N–H and O–H groups in total. The number of carbonyl (C=O) groups excluding carboxylic acids is 2. The zero-order valence-corrected chi connectivity index (χ0v) is 16.3. The molecule has 0 aromatic heterocycles. The van der Waals surface area contributed by atoms with Crippen molar-refractivity contribution >= 4 is 33.5 Å². The zero-order chi connectivity index (χ0) is 19.2. The van der Waals surface area contributed by atoms with Crippen LogP contribution in [0.4, 0.5) is 0 Å². The first-order valence-corrected chi connectivity index (χ1v) is 9.79. The van der Waals surface area contributed by atoms with E-state index in [1.54, 1.807) is 20.8 Å². The monoisotopic (exact) mass is 390 g/mol. The maximum absolute atomic E-state index is 12.6. The molecule has 140 valence electrons. The quantitative estimate of drug-likeness (QED) is 0.686. The third-order valence-corrected chi connectivity index (χ3v) is 6.03. The Morgan fingerprint density at radius 2 is 1.84 bits per heavy atom. The van der Waals surface area contributed by atoms with Crippen molar-refractivity contribution in [1.82, 2.24) is 9.62 Å². The SMILES string of the molecule is CCNC(=O)C(C)OC(=O)c1ccc(Cl)c(S(=O)(=O)N(CC)CC)c1. The van der Waals surface area contributed by atoms with Gasteiger partial charge in [0.2, 0.25) is 10.0 Å². The molecule has 0 saturated heterocycles. The second-order valence-electron chi connectivity index (χ2n) is 5.18. The summed E-state index contributed by atoms with van der Waals surface area (Å²) in [7, 11) is -3.83. The highest BCUT2D eigenvalue weighted by Crippen LogP contribution is 2.26. The molecule has 25 heavy (non-hydrogen) atoms. The molecule has 1 aromatic rings. The summed E-state index contributed by atoms with van der Waals surface area (Å²) in [4.78, 5) is 23.7. The molecule has 0 bridgehead atoms. The molecule has 0 radical (unpaired) electrons. The minimum absolute atomic E-state index is 0.00581. The molecule has 0 heterocycles. The van der Waals surface area contributed by atoms with Crippen LogP contribution >= 0.6 is 11.6 Å². The summed E-state index contributed by atoms with van der Waals surface area (Å²) in [5, 5.41) is 2.55. The summed E-state index contributed by atoms with van der Waals surface area (Å²) in [6.45, 7) is 7.56. The van der Waals surface area contributed by atoms with Crippen molar-refractivity contribution in [2.75, 3.05) is 19.6 Å². The van der Waals surface area contributed by atoms with Crippen molar-refractivity contribution in [3.63, 3.8) is 0 Å². The predicted octanol–water partition coefficient (Wildman–Crippen LogP) is 2.05. The molecule has 0 aliphatic carbocycles. The normalized spacial score (nSPS) is 12.7. The summed E-state index contributed by atoms with van der Waals surface area (Å²) in [5.41, 5.74) is 0.00581. The van der Waals surface area contributed by atoms with Gasteiger partial charge in [-0.05, 0) is 32.0 Å². The molecule has 1 rings (SSSR count). The van der Waals surface area contributed by atoms with Crippen molar-refractivity contribution in [3.05, 3.63) is 28.8 Å². The van der Waals surface area contributed by atoms with Crippen LogP contribution < -0.4 is 5.32 Å². The first-order chi connectivity index (χ1) is 11.7. The average Bonchev–Trinajstić information content (AvgIpc) is 2.55. The Balaban J connectivity index is 3.13. The number of esters is 1. The molecular formula is C16H23ClN2O5S. The second-order valence-corrected chi connectivity index (χ2v) is 7.49. The Bertz CT molecular complexity index is 732. The summed E-state index contributed by atoms with van der Waals surface area (Å²) in [5.74, 6) is -1.23. The van der Waals surface area contributed by atoms with Gasteiger partial charge in [0.05, 0.1) is 10.6 Å². The number of likely N-dealkylation sites (N-methyl/N-ethyl adjacent to an activating group) is 1. The van der Waals surface area contributed by atoms with Crippen molar-refractivity contribution in [1.29, 1.82) is 0 Å². The zero-order valence-electron chi connectivity index (χ0n) is 14.7. The number of sulfonamides is 1. The van der Waals surface area contributed by atoms with E-state index in [0.29, 0.717) is 6.54 Å². The number of amides is 1. The van der Waals surface area contributed by atoms with Crippen LogP contribution in [0, 0.1) is 0 Å². The van der Waals surface area contributed by atoms with Crippen LogP contribution in [0.1, 0.15) is 38.1 Å². The Labute approximate surface area is 153 Å². The maximum atomic E-state index is 12.6. The molecule has 0 fully saturated rings. The van der Waals surface area contributed by atoms with Crippen LogP contribution in [0.5, 0.6) is 0 Å². The standard InChI is InChI=1S/C16H23ClN2O5S/c1-5-18-15(20)11(4)24-16(21)12-8-9-13(17)14(10-12)25(22,23)19(6-2)7-3/h8-11H,5-7H2,1-4H3,(H,18,20). The fraction of sp³-hybridized carbons (Fsp3) is 0.500. The fourth-order valence-corrected chi connectivity index (χ4v) is 4.09. The van der Waals surface area contributed by atoms with E-state index in [2.05, 4.69) is 5.32 Å². The number of carbonyl (C=O) groups is 2. The fourth-order valence-electron chi connectivity index (χ4n) is 2.13. The van der Waals surface area contributed by atoms with Gasteiger partial charge < -0.3 is 10.1 Å². The highest BCUT2D eigenvalue weighted by Gasteiger charge is 2.26. The molecular weight excluding hydrogens is 368 g/mol. The van der Waals surface area contributed by atoms with Crippen molar-refractivity contribution in [2.45, 2.75) is 38.7 Å². The van der Waals surface area contributed by atoms with Crippen LogP contribution in [0.2, 0.25) is 5.02 Å². The highest BCUT2D eigenvalue weighted by molar-refractivity contribution is 7.89. The maximum Gasteiger partial charge on any atom is 0.338 e. The number of halogens is 1. The minimum Gasteiger partial charge on any atom is -0.449 e. The topological polar surface area (TPSA) is 92.8 Å². The van der Waals surface area contributed by atoms with Gasteiger partial charge in [-0.1, -0.05) is 25.4 Å². The van der Waals surface area contributed by atoms with Crippen LogP contribution in [0.3, 0.4) is 0 Å². The lowest BCUT2D eigenvalue weighted by Gasteiger charge is -2.19. The van der Waals surface area contributed by atoms with Gasteiger partial charge in [0.1, 0.15) is 4.90 Å². The molecule has 0 aliphatic rings. The number of hydrogen-bond donors (Lipinski definition) is 1. The predicted molar refractivity (Wildman–Crippen MR) is 95.1 cm³/mol. The van der Waals surface area contributed by atoms with Crippen molar-refractivity contribution < 1.29 is 22.7 Å². The lowest BCUT2D eigenvalue weighted by atomic mass is 10.2. The largest absolute Gasteiger partial charge is 0.449 e. The number of benzene rings is 1. The number of nitrogens with zero attached hydrogens (tertiary/aromatic N) is 1. The molecule has 0 spiro atoms. The number of rotatable bonds is 8. The van der Waals surface area contributed by atoms with E-state index in [9.17, 15) is 18.0 Å². The van der Waals surface area contributed by atoms with E-state index >= 15 is 0 Å².